The normalized spacial score (nSPS) is 10.4. The Balaban J connectivity index is 1.61. The fourth-order valence-corrected chi connectivity index (χ4v) is 2.31. The molecule has 24 heavy (non-hydrogen) atoms. The molecule has 122 valence electrons. The van der Waals surface area contributed by atoms with Gasteiger partial charge in [-0.2, -0.15) is 0 Å². The van der Waals surface area contributed by atoms with Crippen molar-refractivity contribution in [2.24, 2.45) is 0 Å². The van der Waals surface area contributed by atoms with Crippen LogP contribution in [-0.2, 0) is 4.79 Å². The van der Waals surface area contributed by atoms with Gasteiger partial charge in [0.15, 0.2) is 6.61 Å². The third-order valence-electron chi connectivity index (χ3n) is 3.50. The number of ether oxygens (including phenoxy) is 1. The highest BCUT2D eigenvalue weighted by Crippen LogP contribution is 2.16. The van der Waals surface area contributed by atoms with E-state index >= 15 is 0 Å². The number of likely N-dealkylation sites (N-methyl/N-ethyl adjacent to an activating group) is 1. The van der Waals surface area contributed by atoms with Gasteiger partial charge in [-0.25, -0.2) is 4.68 Å². The summed E-state index contributed by atoms with van der Waals surface area (Å²) in [6.45, 7) is 2.50. The highest BCUT2D eigenvalue weighted by Gasteiger charge is 2.14. The Bertz CT molecular complexity index is 773. The number of hydrogen-bond acceptors (Lipinski definition) is 5. The van der Waals surface area contributed by atoms with E-state index in [1.165, 1.54) is 6.33 Å². The summed E-state index contributed by atoms with van der Waals surface area (Å²) < 4.78 is 7.14. The summed E-state index contributed by atoms with van der Waals surface area (Å²) in [5, 5.41) is 11.0. The minimum absolute atomic E-state index is 0.0209. The van der Waals surface area contributed by atoms with E-state index in [9.17, 15) is 4.79 Å². The topological polar surface area (TPSA) is 73.1 Å². The quantitative estimate of drug-likeness (QED) is 0.694. The first kappa shape index (κ1) is 15.7. The number of amides is 1. The molecule has 7 heteroatoms. The van der Waals surface area contributed by atoms with Crippen LogP contribution >= 0.6 is 0 Å². The van der Waals surface area contributed by atoms with Gasteiger partial charge in [-0.1, -0.05) is 18.2 Å². The maximum atomic E-state index is 12.4. The largest absolute Gasteiger partial charge is 0.484 e. The molecule has 3 aromatic rings. The first-order chi connectivity index (χ1) is 11.8. The molecule has 0 spiro atoms. The summed E-state index contributed by atoms with van der Waals surface area (Å²) in [5.74, 6) is 0.526. The fraction of sp³-hybridized carbons (Fsp3) is 0.176. The zero-order chi connectivity index (χ0) is 16.8. The smallest absolute Gasteiger partial charge is 0.264 e. The lowest BCUT2D eigenvalue weighted by Gasteiger charge is -2.21. The van der Waals surface area contributed by atoms with Gasteiger partial charge in [0.25, 0.3) is 5.91 Å². The molecule has 0 fully saturated rings. The van der Waals surface area contributed by atoms with Gasteiger partial charge in [0.2, 0.25) is 0 Å². The van der Waals surface area contributed by atoms with Crippen LogP contribution in [0.2, 0.25) is 0 Å². The van der Waals surface area contributed by atoms with Gasteiger partial charge in [0, 0.05) is 12.2 Å². The van der Waals surface area contributed by atoms with Crippen molar-refractivity contribution in [3.8, 4) is 11.4 Å². The lowest BCUT2D eigenvalue weighted by Crippen LogP contribution is -2.34. The number of rotatable bonds is 6. The van der Waals surface area contributed by atoms with Crippen molar-refractivity contribution in [3.05, 3.63) is 60.9 Å². The summed E-state index contributed by atoms with van der Waals surface area (Å²) in [6.07, 6.45) is 1.51. The van der Waals surface area contributed by atoms with Crippen molar-refractivity contribution < 1.29 is 9.53 Å². The maximum Gasteiger partial charge on any atom is 0.264 e. The molecule has 2 aromatic carbocycles. The number of carbonyl (C=O) groups is 1. The van der Waals surface area contributed by atoms with Crippen LogP contribution in [0.3, 0.4) is 0 Å². The molecule has 0 aliphatic rings. The first-order valence-electron chi connectivity index (χ1n) is 7.59. The number of anilines is 1. The monoisotopic (exact) mass is 323 g/mol. The molecule has 1 amide bonds. The number of nitrogens with zero attached hydrogens (tertiary/aromatic N) is 5. The molecule has 1 aromatic heterocycles. The van der Waals surface area contributed by atoms with Crippen LogP contribution < -0.4 is 9.64 Å². The number of carbonyl (C=O) groups excluding carboxylic acids is 1. The highest BCUT2D eigenvalue weighted by atomic mass is 16.5. The molecule has 0 N–H and O–H groups in total. The van der Waals surface area contributed by atoms with Gasteiger partial charge in [-0.15, -0.1) is 5.10 Å². The van der Waals surface area contributed by atoms with E-state index in [0.717, 1.165) is 11.4 Å². The molecule has 0 aliphatic heterocycles. The zero-order valence-corrected chi connectivity index (χ0v) is 13.2. The first-order valence-corrected chi connectivity index (χ1v) is 7.59. The molecule has 3 rings (SSSR count). The van der Waals surface area contributed by atoms with Crippen molar-refractivity contribution in [2.75, 3.05) is 18.1 Å². The molecule has 7 nitrogen and oxygen atoms in total. The maximum absolute atomic E-state index is 12.4. The van der Waals surface area contributed by atoms with Gasteiger partial charge in [-0.3, -0.25) is 4.79 Å². The molecule has 0 atom stereocenters. The number of hydrogen-bond donors (Lipinski definition) is 0. The van der Waals surface area contributed by atoms with Crippen molar-refractivity contribution >= 4 is 11.6 Å². The van der Waals surface area contributed by atoms with Gasteiger partial charge < -0.3 is 9.64 Å². The summed E-state index contributed by atoms with van der Waals surface area (Å²) in [5.41, 5.74) is 1.68. The molecule has 0 unspecified atom stereocenters. The van der Waals surface area contributed by atoms with Crippen LogP contribution in [0, 0.1) is 0 Å². The lowest BCUT2D eigenvalue weighted by molar-refractivity contribution is -0.120. The Morgan fingerprint density at radius 1 is 1.12 bits per heavy atom. The number of aromatic nitrogens is 4. The summed E-state index contributed by atoms with van der Waals surface area (Å²) in [4.78, 5) is 14.1. The van der Waals surface area contributed by atoms with Crippen LogP contribution in [0.25, 0.3) is 5.69 Å². The van der Waals surface area contributed by atoms with Crippen LogP contribution in [0.1, 0.15) is 6.92 Å². The minimum Gasteiger partial charge on any atom is -0.484 e. The Kier molecular flexibility index (Phi) is 4.81. The Labute approximate surface area is 139 Å². The zero-order valence-electron chi connectivity index (χ0n) is 13.2. The minimum atomic E-state index is -0.0896. The highest BCUT2D eigenvalue weighted by molar-refractivity contribution is 5.94. The number of tetrazole rings is 1. The summed E-state index contributed by atoms with van der Waals surface area (Å²) >= 11 is 0. The Hall–Kier alpha value is -3.22. The van der Waals surface area contributed by atoms with E-state index in [1.807, 2.05) is 49.4 Å². The molecule has 0 radical (unpaired) electrons. The SMILES string of the molecule is CCN(C(=O)COc1ccc(-n2cnnn2)cc1)c1ccccc1. The second-order valence-corrected chi connectivity index (χ2v) is 5.01. The predicted molar refractivity (Wildman–Crippen MR) is 89.1 cm³/mol. The number of para-hydroxylation sites is 1. The Morgan fingerprint density at radius 3 is 2.50 bits per heavy atom. The van der Waals surface area contributed by atoms with Crippen LogP contribution in [0.4, 0.5) is 5.69 Å². The van der Waals surface area contributed by atoms with Gasteiger partial charge in [0.1, 0.15) is 12.1 Å². The van der Waals surface area contributed by atoms with E-state index in [4.69, 9.17) is 4.74 Å². The van der Waals surface area contributed by atoms with Gasteiger partial charge >= 0.3 is 0 Å². The lowest BCUT2D eigenvalue weighted by atomic mass is 10.3. The average Bonchev–Trinajstić information content (AvgIpc) is 3.17. The van der Waals surface area contributed by atoms with E-state index in [0.29, 0.717) is 12.3 Å². The van der Waals surface area contributed by atoms with E-state index in [-0.39, 0.29) is 12.5 Å². The Morgan fingerprint density at radius 2 is 1.88 bits per heavy atom. The van der Waals surface area contributed by atoms with Crippen molar-refractivity contribution in [2.45, 2.75) is 6.92 Å². The van der Waals surface area contributed by atoms with Gasteiger partial charge in [-0.05, 0) is 53.7 Å². The van der Waals surface area contributed by atoms with Crippen molar-refractivity contribution in [3.63, 3.8) is 0 Å². The van der Waals surface area contributed by atoms with Crippen LogP contribution in [-0.4, -0.2) is 39.3 Å². The predicted octanol–water partition coefficient (Wildman–Crippen LogP) is 2.09. The molecular weight excluding hydrogens is 306 g/mol. The van der Waals surface area contributed by atoms with Gasteiger partial charge in [0.05, 0.1) is 5.69 Å². The fourth-order valence-electron chi connectivity index (χ4n) is 2.31. The second-order valence-electron chi connectivity index (χ2n) is 5.01. The number of benzene rings is 2. The van der Waals surface area contributed by atoms with E-state index in [2.05, 4.69) is 15.5 Å². The average molecular weight is 323 g/mol. The van der Waals surface area contributed by atoms with E-state index in [1.54, 1.807) is 21.7 Å². The van der Waals surface area contributed by atoms with Crippen molar-refractivity contribution in [1.82, 2.24) is 20.2 Å². The third-order valence-corrected chi connectivity index (χ3v) is 3.50. The standard InChI is InChI=1S/C17H17N5O2/c1-2-21(14-6-4-3-5-7-14)17(23)12-24-16-10-8-15(9-11-16)22-13-18-19-20-22/h3-11,13H,2,12H2,1H3. The third kappa shape index (κ3) is 3.57. The second kappa shape index (κ2) is 7.36. The molecule has 0 saturated heterocycles. The van der Waals surface area contributed by atoms with Crippen molar-refractivity contribution in [1.29, 1.82) is 0 Å². The molecule has 1 heterocycles. The van der Waals surface area contributed by atoms with Crippen LogP contribution in [0.15, 0.2) is 60.9 Å². The van der Waals surface area contributed by atoms with Crippen LogP contribution in [0.5, 0.6) is 5.75 Å². The summed E-state index contributed by atoms with van der Waals surface area (Å²) in [7, 11) is 0. The molecule has 0 bridgehead atoms. The van der Waals surface area contributed by atoms with E-state index < -0.39 is 0 Å². The molecular formula is C17H17N5O2. The molecule has 0 aliphatic carbocycles. The molecule has 0 saturated carbocycles. The summed E-state index contributed by atoms with van der Waals surface area (Å²) in [6, 6.07) is 16.8.